The molecule has 108 valence electrons. The molecule has 0 radical (unpaired) electrons. The smallest absolute Gasteiger partial charge is 0.305 e. The molecule has 0 saturated carbocycles. The molecule has 0 aromatic heterocycles. The Morgan fingerprint density at radius 1 is 1.19 bits per heavy atom. The fourth-order valence-corrected chi connectivity index (χ4v) is 1.76. The summed E-state index contributed by atoms with van der Waals surface area (Å²) < 4.78 is 18.5. The summed E-state index contributed by atoms with van der Waals surface area (Å²) in [4.78, 5) is 21.4. The Morgan fingerprint density at radius 3 is 2.52 bits per heavy atom. The van der Waals surface area contributed by atoms with Gasteiger partial charge in [0, 0.05) is 18.6 Å². The van der Waals surface area contributed by atoms with Gasteiger partial charge in [-0.05, 0) is 11.6 Å². The molecule has 2 rings (SSSR count). The first kappa shape index (κ1) is 14.6. The molecule has 0 bridgehead atoms. The fourth-order valence-electron chi connectivity index (χ4n) is 1.76. The second kappa shape index (κ2) is 6.60. The summed E-state index contributed by atoms with van der Waals surface area (Å²) in [6.45, 7) is -0.216. The second-order valence-corrected chi connectivity index (χ2v) is 4.36. The number of nitro groups is 1. The summed E-state index contributed by atoms with van der Waals surface area (Å²) in [5.74, 6) is -1.08. The first-order chi connectivity index (χ1) is 10.1. The number of hydrogen-bond donors (Lipinski definition) is 0. The summed E-state index contributed by atoms with van der Waals surface area (Å²) in [5, 5.41) is 10.5. The summed E-state index contributed by atoms with van der Waals surface area (Å²) in [7, 11) is 0. The Morgan fingerprint density at radius 2 is 1.90 bits per heavy atom. The van der Waals surface area contributed by atoms with Gasteiger partial charge in [-0.15, -0.1) is 0 Å². The van der Waals surface area contributed by atoms with E-state index in [1.54, 1.807) is 0 Å². The van der Waals surface area contributed by atoms with Crippen molar-refractivity contribution in [3.8, 4) is 5.75 Å². The van der Waals surface area contributed by atoms with Crippen molar-refractivity contribution < 1.29 is 18.8 Å². The van der Waals surface area contributed by atoms with E-state index in [1.165, 1.54) is 6.07 Å². The number of carbonyl (C=O) groups excluding carboxylic acids is 1. The van der Waals surface area contributed by atoms with Crippen LogP contribution in [0.5, 0.6) is 5.75 Å². The molecule has 0 unspecified atom stereocenters. The van der Waals surface area contributed by atoms with Crippen LogP contribution >= 0.6 is 0 Å². The van der Waals surface area contributed by atoms with E-state index in [0.717, 1.165) is 17.7 Å². The number of rotatable bonds is 6. The highest BCUT2D eigenvalue weighted by Gasteiger charge is 2.14. The van der Waals surface area contributed by atoms with Gasteiger partial charge in [-0.1, -0.05) is 30.3 Å². The van der Waals surface area contributed by atoms with Crippen molar-refractivity contribution in [2.75, 3.05) is 6.61 Å². The Kier molecular flexibility index (Phi) is 4.61. The van der Waals surface area contributed by atoms with Crippen molar-refractivity contribution in [1.29, 1.82) is 0 Å². The minimum atomic E-state index is -0.993. The van der Waals surface area contributed by atoms with Crippen molar-refractivity contribution in [2.24, 2.45) is 0 Å². The minimum absolute atomic E-state index is 0.0829. The Hall–Kier alpha value is -2.76. The molecule has 0 aliphatic carbocycles. The number of nitro benzene ring substituents is 1. The lowest BCUT2D eigenvalue weighted by molar-refractivity contribution is -0.387. The number of ether oxygens (including phenoxy) is 1. The van der Waals surface area contributed by atoms with E-state index in [9.17, 15) is 19.3 Å². The molecule has 6 heteroatoms. The predicted molar refractivity (Wildman–Crippen MR) is 73.7 cm³/mol. The molecule has 0 saturated heterocycles. The van der Waals surface area contributed by atoms with Crippen LogP contribution in [0.3, 0.4) is 0 Å². The molecule has 21 heavy (non-hydrogen) atoms. The number of carbonyl (C=O) groups is 1. The first-order valence-corrected chi connectivity index (χ1v) is 6.18. The van der Waals surface area contributed by atoms with Gasteiger partial charge < -0.3 is 4.74 Å². The molecule has 0 atom stereocenters. The van der Waals surface area contributed by atoms with Crippen LogP contribution in [-0.4, -0.2) is 17.3 Å². The van der Waals surface area contributed by atoms with Gasteiger partial charge in [0.25, 0.3) is 0 Å². The van der Waals surface area contributed by atoms with Crippen molar-refractivity contribution in [3.63, 3.8) is 0 Å². The third-order valence-corrected chi connectivity index (χ3v) is 2.76. The van der Waals surface area contributed by atoms with Crippen LogP contribution in [0.15, 0.2) is 48.5 Å². The number of Topliss-reactive ketones (excluding diaryl/α,β-unsaturated/α-hetero) is 1. The Balaban J connectivity index is 1.92. The highest BCUT2D eigenvalue weighted by molar-refractivity contribution is 5.82. The molecule has 0 amide bonds. The molecule has 2 aromatic carbocycles. The average molecular weight is 289 g/mol. The van der Waals surface area contributed by atoms with E-state index in [-0.39, 0.29) is 24.6 Å². The molecule has 0 aliphatic heterocycles. The normalized spacial score (nSPS) is 10.1. The summed E-state index contributed by atoms with van der Waals surface area (Å²) >= 11 is 0. The molecule has 0 heterocycles. The predicted octanol–water partition coefficient (Wildman–Crippen LogP) is 2.92. The molecule has 2 aromatic rings. The highest BCUT2D eigenvalue weighted by atomic mass is 19.1. The van der Waals surface area contributed by atoms with Gasteiger partial charge in [-0.2, -0.15) is 4.39 Å². The summed E-state index contributed by atoms with van der Waals surface area (Å²) in [5.41, 5.74) is 0.235. The van der Waals surface area contributed by atoms with E-state index in [1.807, 2.05) is 30.3 Å². The van der Waals surface area contributed by atoms with E-state index in [4.69, 9.17) is 4.74 Å². The maximum Gasteiger partial charge on any atom is 0.305 e. The van der Waals surface area contributed by atoms with Crippen LogP contribution in [0.4, 0.5) is 10.1 Å². The second-order valence-electron chi connectivity index (χ2n) is 4.36. The van der Waals surface area contributed by atoms with Crippen molar-refractivity contribution >= 4 is 11.5 Å². The zero-order valence-corrected chi connectivity index (χ0v) is 11.0. The van der Waals surface area contributed by atoms with Gasteiger partial charge in [0.15, 0.2) is 5.78 Å². The van der Waals surface area contributed by atoms with Crippen molar-refractivity contribution in [1.82, 2.24) is 0 Å². The van der Waals surface area contributed by atoms with E-state index < -0.39 is 16.4 Å². The van der Waals surface area contributed by atoms with Crippen LogP contribution in [0, 0.1) is 15.9 Å². The molecule has 0 N–H and O–H groups in total. The summed E-state index contributed by atoms with van der Waals surface area (Å²) in [6, 6.07) is 12.3. The lowest BCUT2D eigenvalue weighted by Crippen LogP contribution is -2.13. The van der Waals surface area contributed by atoms with E-state index >= 15 is 0 Å². The van der Waals surface area contributed by atoms with Gasteiger partial charge >= 0.3 is 5.69 Å². The van der Waals surface area contributed by atoms with Crippen LogP contribution < -0.4 is 4.74 Å². The monoisotopic (exact) mass is 289 g/mol. The SMILES string of the molecule is O=C(COc1ccc([N+](=O)[O-])c(F)c1)Cc1ccccc1. The van der Waals surface area contributed by atoms with E-state index in [0.29, 0.717) is 0 Å². The van der Waals surface area contributed by atoms with Gasteiger partial charge in [0.1, 0.15) is 12.4 Å². The number of ketones is 1. The number of halogens is 1. The Bertz CT molecular complexity index is 658. The Labute approximate surface area is 120 Å². The molecular weight excluding hydrogens is 277 g/mol. The fraction of sp³-hybridized carbons (Fsp3) is 0.133. The molecular formula is C15H12FNO4. The average Bonchev–Trinajstić information content (AvgIpc) is 2.46. The van der Waals surface area contributed by atoms with Gasteiger partial charge in [-0.3, -0.25) is 14.9 Å². The highest BCUT2D eigenvalue weighted by Crippen LogP contribution is 2.22. The standard InChI is InChI=1S/C15H12FNO4/c16-14-9-13(6-7-15(14)17(19)20)21-10-12(18)8-11-4-2-1-3-5-11/h1-7,9H,8,10H2. The topological polar surface area (TPSA) is 69.4 Å². The maximum atomic E-state index is 13.4. The van der Waals surface area contributed by atoms with Gasteiger partial charge in [0.2, 0.25) is 5.82 Å². The summed E-state index contributed by atoms with van der Waals surface area (Å²) in [6.07, 6.45) is 0.219. The molecule has 5 nitrogen and oxygen atoms in total. The van der Waals surface area contributed by atoms with Gasteiger partial charge in [-0.25, -0.2) is 0 Å². The minimum Gasteiger partial charge on any atom is -0.486 e. The van der Waals surface area contributed by atoms with Crippen LogP contribution in [0.1, 0.15) is 5.56 Å². The van der Waals surface area contributed by atoms with E-state index in [2.05, 4.69) is 0 Å². The van der Waals surface area contributed by atoms with Crippen LogP contribution in [0.2, 0.25) is 0 Å². The molecule has 0 fully saturated rings. The van der Waals surface area contributed by atoms with Crippen LogP contribution in [0.25, 0.3) is 0 Å². The maximum absolute atomic E-state index is 13.4. The lowest BCUT2D eigenvalue weighted by Gasteiger charge is -2.06. The quantitative estimate of drug-likeness (QED) is 0.605. The van der Waals surface area contributed by atoms with Crippen LogP contribution in [-0.2, 0) is 11.2 Å². The zero-order valence-electron chi connectivity index (χ0n) is 11.0. The lowest BCUT2D eigenvalue weighted by atomic mass is 10.1. The van der Waals surface area contributed by atoms with Crippen molar-refractivity contribution in [3.05, 3.63) is 70.0 Å². The largest absolute Gasteiger partial charge is 0.486 e. The number of hydrogen-bond acceptors (Lipinski definition) is 4. The van der Waals surface area contributed by atoms with Crippen molar-refractivity contribution in [2.45, 2.75) is 6.42 Å². The number of benzene rings is 2. The third-order valence-electron chi connectivity index (χ3n) is 2.76. The van der Waals surface area contributed by atoms with Gasteiger partial charge in [0.05, 0.1) is 4.92 Å². The third kappa shape index (κ3) is 4.10. The number of nitrogens with zero attached hydrogens (tertiary/aromatic N) is 1. The zero-order chi connectivity index (χ0) is 15.2. The molecule has 0 spiro atoms. The first-order valence-electron chi connectivity index (χ1n) is 6.18. The molecule has 0 aliphatic rings.